The van der Waals surface area contributed by atoms with Gasteiger partial charge in [0.2, 0.25) is 0 Å². The van der Waals surface area contributed by atoms with Crippen molar-refractivity contribution in [1.29, 1.82) is 10.5 Å². The van der Waals surface area contributed by atoms with Crippen LogP contribution in [-0.2, 0) is 14.4 Å². The Morgan fingerprint density at radius 2 is 1.39 bits per heavy atom. The van der Waals surface area contributed by atoms with E-state index in [2.05, 4.69) is 10.3 Å². The van der Waals surface area contributed by atoms with E-state index in [0.717, 1.165) is 36.8 Å². The molecular formula is C30H34N6O5. The van der Waals surface area contributed by atoms with Crippen LogP contribution in [0, 0.1) is 22.7 Å². The normalized spacial score (nSPS) is 13.6. The number of amides is 2. The lowest BCUT2D eigenvalue weighted by molar-refractivity contribution is 0.0280. The largest absolute Gasteiger partial charge is 0.436 e. The third-order valence-corrected chi connectivity index (χ3v) is 6.34. The van der Waals surface area contributed by atoms with Crippen LogP contribution in [0.4, 0.5) is 9.59 Å². The number of unbranched alkanes of at least 4 members (excludes halogenated alkanes) is 2. The molecule has 2 amide bonds. The first kappa shape index (κ1) is 30.8. The van der Waals surface area contributed by atoms with Gasteiger partial charge in [-0.1, -0.05) is 73.4 Å². The maximum atomic E-state index is 12.6. The van der Waals surface area contributed by atoms with E-state index in [0.29, 0.717) is 50.5 Å². The molecule has 41 heavy (non-hydrogen) atoms. The van der Waals surface area contributed by atoms with Gasteiger partial charge in [0.05, 0.1) is 13.2 Å². The zero-order chi connectivity index (χ0) is 29.5. The lowest BCUT2D eigenvalue weighted by atomic mass is 9.98. The van der Waals surface area contributed by atoms with Gasteiger partial charge in [-0.05, 0) is 36.1 Å². The molecular weight excluding hydrogens is 524 g/mol. The number of hydrogen-bond acceptors (Lipinski definition) is 9. The number of nitrogens with zero attached hydrogens (tertiary/aromatic N) is 6. The molecule has 0 bridgehead atoms. The number of carbonyl (C=O) groups is 2. The summed E-state index contributed by atoms with van der Waals surface area (Å²) in [4.78, 5) is 38.1. The minimum atomic E-state index is -0.646. The number of ether oxygens (including phenoxy) is 1. The Hall–Kier alpha value is -4.74. The van der Waals surface area contributed by atoms with Crippen molar-refractivity contribution in [2.45, 2.75) is 39.5 Å². The maximum absolute atomic E-state index is 12.6. The number of nitriles is 2. The molecule has 11 nitrogen and oxygen atoms in total. The molecule has 0 radical (unpaired) electrons. The third-order valence-electron chi connectivity index (χ3n) is 6.34. The van der Waals surface area contributed by atoms with Crippen LogP contribution in [-0.4, -0.2) is 72.8 Å². The molecule has 2 aromatic carbocycles. The Balaban J connectivity index is 1.77. The summed E-state index contributed by atoms with van der Waals surface area (Å²) in [6.07, 6.45) is 2.36. The lowest BCUT2D eigenvalue weighted by Crippen LogP contribution is -2.40. The fourth-order valence-corrected chi connectivity index (χ4v) is 3.99. The predicted molar refractivity (Wildman–Crippen MR) is 153 cm³/mol. The number of benzene rings is 2. The summed E-state index contributed by atoms with van der Waals surface area (Å²) in [5.74, 6) is 0. The zero-order valence-corrected chi connectivity index (χ0v) is 23.4. The topological polar surface area (TPSA) is 141 Å². The lowest BCUT2D eigenvalue weighted by Gasteiger charge is -2.24. The number of rotatable bonds is 11. The van der Waals surface area contributed by atoms with Crippen molar-refractivity contribution in [2.24, 2.45) is 10.3 Å². The van der Waals surface area contributed by atoms with Crippen molar-refractivity contribution in [3.63, 3.8) is 0 Å². The molecule has 1 aliphatic rings. The standard InChI is InChI=1S/C30H34N6O5/c1-3-5-13-35(14-6-4-2)29(37)40-33-27(21-31)25-11-7-9-23(19-25)24-10-8-12-26(20-24)28(22-32)34-41-30(38)36-15-17-39-18-16-36/h7-12,19-20H,3-6,13-18H2,1-2H3/b33-27+,34-28+. The van der Waals surface area contributed by atoms with Crippen LogP contribution in [0.15, 0.2) is 58.8 Å². The van der Waals surface area contributed by atoms with E-state index in [1.54, 1.807) is 41.3 Å². The molecule has 0 N–H and O–H groups in total. The van der Waals surface area contributed by atoms with E-state index in [1.165, 1.54) is 4.90 Å². The molecule has 0 unspecified atom stereocenters. The average Bonchev–Trinajstić information content (AvgIpc) is 3.02. The quantitative estimate of drug-likeness (QED) is 0.207. The van der Waals surface area contributed by atoms with Gasteiger partial charge in [0, 0.05) is 37.3 Å². The number of oxime groups is 2. The zero-order valence-electron chi connectivity index (χ0n) is 23.4. The van der Waals surface area contributed by atoms with Crippen LogP contribution >= 0.6 is 0 Å². The molecule has 11 heteroatoms. The second-order valence-electron chi connectivity index (χ2n) is 9.27. The van der Waals surface area contributed by atoms with E-state index in [4.69, 9.17) is 14.4 Å². The summed E-state index contributed by atoms with van der Waals surface area (Å²) in [6.45, 7) is 6.86. The first-order valence-electron chi connectivity index (χ1n) is 13.7. The van der Waals surface area contributed by atoms with Gasteiger partial charge in [-0.2, -0.15) is 10.5 Å². The van der Waals surface area contributed by atoms with E-state index in [9.17, 15) is 20.1 Å². The van der Waals surface area contributed by atoms with Crippen molar-refractivity contribution in [3.05, 3.63) is 59.7 Å². The average molecular weight is 559 g/mol. The molecule has 0 aliphatic carbocycles. The molecule has 0 atom stereocenters. The van der Waals surface area contributed by atoms with Crippen molar-refractivity contribution >= 4 is 23.6 Å². The minimum absolute atomic E-state index is 0.0448. The van der Waals surface area contributed by atoms with Crippen molar-refractivity contribution in [1.82, 2.24) is 9.80 Å². The predicted octanol–water partition coefficient (Wildman–Crippen LogP) is 5.32. The van der Waals surface area contributed by atoms with Crippen LogP contribution in [0.5, 0.6) is 0 Å². The highest BCUT2D eigenvalue weighted by Crippen LogP contribution is 2.23. The fourth-order valence-electron chi connectivity index (χ4n) is 3.99. The summed E-state index contributed by atoms with van der Waals surface area (Å²) >= 11 is 0. The van der Waals surface area contributed by atoms with Gasteiger partial charge >= 0.3 is 12.2 Å². The molecule has 1 aliphatic heterocycles. The summed E-state index contributed by atoms with van der Waals surface area (Å²) < 4.78 is 5.22. The Labute approximate surface area is 240 Å². The Morgan fingerprint density at radius 3 is 1.88 bits per heavy atom. The molecule has 1 fully saturated rings. The van der Waals surface area contributed by atoms with Crippen LogP contribution < -0.4 is 0 Å². The highest BCUT2D eigenvalue weighted by atomic mass is 16.7. The molecule has 2 aromatic rings. The van der Waals surface area contributed by atoms with Crippen LogP contribution in [0.2, 0.25) is 0 Å². The van der Waals surface area contributed by atoms with Gasteiger partial charge in [-0.3, -0.25) is 9.68 Å². The van der Waals surface area contributed by atoms with Crippen molar-refractivity contribution in [2.75, 3.05) is 39.4 Å². The molecule has 0 aromatic heterocycles. The molecule has 214 valence electrons. The Bertz CT molecular complexity index is 1330. The summed E-state index contributed by atoms with van der Waals surface area (Å²) in [5, 5.41) is 27.0. The van der Waals surface area contributed by atoms with Crippen LogP contribution in [0.3, 0.4) is 0 Å². The van der Waals surface area contributed by atoms with Gasteiger partial charge in [-0.15, -0.1) is 0 Å². The molecule has 1 heterocycles. The maximum Gasteiger partial charge on any atom is 0.436 e. The summed E-state index contributed by atoms with van der Waals surface area (Å²) in [7, 11) is 0. The second-order valence-corrected chi connectivity index (χ2v) is 9.27. The minimum Gasteiger partial charge on any atom is -0.378 e. The van der Waals surface area contributed by atoms with Crippen LogP contribution in [0.1, 0.15) is 50.7 Å². The molecule has 3 rings (SSSR count). The van der Waals surface area contributed by atoms with E-state index >= 15 is 0 Å². The van der Waals surface area contributed by atoms with Crippen molar-refractivity contribution in [3.8, 4) is 23.3 Å². The van der Waals surface area contributed by atoms with E-state index < -0.39 is 12.2 Å². The Kier molecular flexibility index (Phi) is 12.3. The smallest absolute Gasteiger partial charge is 0.378 e. The second kappa shape index (κ2) is 16.4. The number of morpholine rings is 1. The SMILES string of the molecule is CCCCN(CCCC)C(=O)O/N=C(\C#N)c1cccc(-c2cccc(/C(C#N)=N/OC(=O)N3CCOCC3)c2)c1. The third kappa shape index (κ3) is 9.16. The van der Waals surface area contributed by atoms with Gasteiger partial charge in [-0.25, -0.2) is 9.59 Å². The van der Waals surface area contributed by atoms with Crippen LogP contribution in [0.25, 0.3) is 11.1 Å². The fraction of sp³-hybridized carbons (Fsp3) is 0.400. The first-order valence-corrected chi connectivity index (χ1v) is 13.7. The summed E-state index contributed by atoms with van der Waals surface area (Å²) in [6, 6.07) is 18.0. The number of hydrogen-bond donors (Lipinski definition) is 0. The van der Waals surface area contributed by atoms with E-state index in [1.807, 2.05) is 38.1 Å². The molecule has 1 saturated heterocycles. The molecule has 0 spiro atoms. The van der Waals surface area contributed by atoms with Crippen molar-refractivity contribution < 1.29 is 24.0 Å². The van der Waals surface area contributed by atoms with Gasteiger partial charge in [0.1, 0.15) is 12.1 Å². The first-order chi connectivity index (χ1) is 20.0. The van der Waals surface area contributed by atoms with Gasteiger partial charge < -0.3 is 14.5 Å². The van der Waals surface area contributed by atoms with Gasteiger partial charge in [0.25, 0.3) is 0 Å². The monoisotopic (exact) mass is 558 g/mol. The number of carbonyl (C=O) groups excluding carboxylic acids is 2. The van der Waals surface area contributed by atoms with E-state index in [-0.39, 0.29) is 11.4 Å². The van der Waals surface area contributed by atoms with Gasteiger partial charge in [0.15, 0.2) is 11.4 Å². The Morgan fingerprint density at radius 1 is 0.878 bits per heavy atom. The summed E-state index contributed by atoms with van der Waals surface area (Å²) in [5.41, 5.74) is 2.27. The highest BCUT2D eigenvalue weighted by molar-refractivity contribution is 6.13. The highest BCUT2D eigenvalue weighted by Gasteiger charge is 2.19. The molecule has 0 saturated carbocycles.